The first-order valence-electron chi connectivity index (χ1n) is 7.01. The molecule has 0 aliphatic rings. The van der Waals surface area contributed by atoms with E-state index in [0.29, 0.717) is 11.3 Å². The number of hydrogen-bond acceptors (Lipinski definition) is 5. The molecule has 1 aromatic carbocycles. The van der Waals surface area contributed by atoms with Crippen LogP contribution in [0, 0.1) is 11.3 Å². The molecule has 0 amide bonds. The maximum absolute atomic E-state index is 11.3. The van der Waals surface area contributed by atoms with Crippen molar-refractivity contribution in [3.63, 3.8) is 0 Å². The van der Waals surface area contributed by atoms with E-state index in [4.69, 9.17) is 10.00 Å². The fourth-order valence-electron chi connectivity index (χ4n) is 1.83. The Balaban J connectivity index is 2.00. The predicted molar refractivity (Wildman–Crippen MR) is 86.4 cm³/mol. The van der Waals surface area contributed by atoms with Gasteiger partial charge >= 0.3 is 5.97 Å². The highest BCUT2D eigenvalue weighted by molar-refractivity contribution is 5.74. The summed E-state index contributed by atoms with van der Waals surface area (Å²) in [4.78, 5) is 15.5. The van der Waals surface area contributed by atoms with Crippen molar-refractivity contribution in [2.45, 2.75) is 13.0 Å². The molecule has 1 aromatic heterocycles. The van der Waals surface area contributed by atoms with Gasteiger partial charge in [-0.25, -0.2) is 4.79 Å². The van der Waals surface area contributed by atoms with Crippen molar-refractivity contribution in [3.8, 4) is 11.8 Å². The summed E-state index contributed by atoms with van der Waals surface area (Å²) in [6.07, 6.45) is 4.64. The number of ether oxygens (including phenoxy) is 2. The fraction of sp³-hybridized carbons (Fsp3) is 0.167. The first-order valence-corrected chi connectivity index (χ1v) is 7.01. The lowest BCUT2D eigenvalue weighted by Crippen LogP contribution is -2.24. The van der Waals surface area contributed by atoms with E-state index >= 15 is 0 Å². The Morgan fingerprint density at radius 3 is 2.52 bits per heavy atom. The average Bonchev–Trinajstić information content (AvgIpc) is 2.60. The van der Waals surface area contributed by atoms with Gasteiger partial charge in [-0.3, -0.25) is 4.98 Å². The lowest BCUT2D eigenvalue weighted by Gasteiger charge is -2.12. The van der Waals surface area contributed by atoms with Crippen molar-refractivity contribution < 1.29 is 14.3 Å². The second-order valence-electron chi connectivity index (χ2n) is 4.77. The predicted octanol–water partition coefficient (Wildman–Crippen LogP) is 3.06. The highest BCUT2D eigenvalue weighted by atomic mass is 16.6. The second-order valence-corrected chi connectivity index (χ2v) is 4.77. The summed E-state index contributed by atoms with van der Waals surface area (Å²) in [6, 6.07) is 12.8. The quantitative estimate of drug-likeness (QED) is 0.794. The maximum atomic E-state index is 11.3. The Morgan fingerprint density at radius 1 is 1.22 bits per heavy atom. The molecule has 5 nitrogen and oxygen atoms in total. The normalized spacial score (nSPS) is 11.7. The average molecular weight is 308 g/mol. The molecular weight excluding hydrogens is 292 g/mol. The van der Waals surface area contributed by atoms with E-state index in [1.54, 1.807) is 31.2 Å². The molecule has 0 fully saturated rings. The van der Waals surface area contributed by atoms with Gasteiger partial charge in [0.2, 0.25) is 0 Å². The molecule has 1 unspecified atom stereocenters. The molecule has 0 saturated heterocycles. The van der Waals surface area contributed by atoms with Crippen molar-refractivity contribution in [1.29, 1.82) is 5.26 Å². The van der Waals surface area contributed by atoms with Crippen molar-refractivity contribution in [1.82, 2.24) is 4.98 Å². The fourth-order valence-corrected chi connectivity index (χ4v) is 1.83. The van der Waals surface area contributed by atoms with Gasteiger partial charge in [-0.15, -0.1) is 0 Å². The van der Waals surface area contributed by atoms with Gasteiger partial charge in [0.15, 0.2) is 6.10 Å². The number of carbonyl (C=O) groups is 1. The van der Waals surface area contributed by atoms with Crippen LogP contribution in [0.1, 0.15) is 23.7 Å². The monoisotopic (exact) mass is 308 g/mol. The summed E-state index contributed by atoms with van der Waals surface area (Å²) in [6.45, 7) is 1.64. The highest BCUT2D eigenvalue weighted by Crippen LogP contribution is 2.16. The van der Waals surface area contributed by atoms with Crippen molar-refractivity contribution in [2.75, 3.05) is 7.11 Å². The number of methoxy groups -OCH3 is 1. The number of nitriles is 1. The summed E-state index contributed by atoms with van der Waals surface area (Å²) in [5.74, 6) is 0.178. The smallest absolute Gasteiger partial charge is 0.346 e. The Kier molecular flexibility index (Phi) is 5.48. The van der Waals surface area contributed by atoms with Gasteiger partial charge in [0.1, 0.15) is 11.8 Å². The molecule has 23 heavy (non-hydrogen) atoms. The summed E-state index contributed by atoms with van der Waals surface area (Å²) >= 11 is 0. The molecule has 5 heteroatoms. The third-order valence-corrected chi connectivity index (χ3v) is 3.09. The summed E-state index contributed by atoms with van der Waals surface area (Å²) in [5.41, 5.74) is 2.27. The first-order chi connectivity index (χ1) is 11.1. The molecule has 0 saturated carbocycles. The minimum Gasteiger partial charge on any atom is -0.479 e. The maximum Gasteiger partial charge on any atom is 0.346 e. The molecule has 1 atom stereocenters. The molecule has 0 bridgehead atoms. The molecular formula is C18H16N2O3. The third kappa shape index (κ3) is 4.68. The van der Waals surface area contributed by atoms with Gasteiger partial charge in [0, 0.05) is 6.20 Å². The van der Waals surface area contributed by atoms with Crippen LogP contribution < -0.4 is 4.74 Å². The van der Waals surface area contributed by atoms with Crippen molar-refractivity contribution in [2.24, 2.45) is 0 Å². The number of rotatable bonds is 5. The largest absolute Gasteiger partial charge is 0.479 e. The molecule has 0 spiro atoms. The van der Waals surface area contributed by atoms with Gasteiger partial charge < -0.3 is 9.47 Å². The number of pyridine rings is 1. The third-order valence-electron chi connectivity index (χ3n) is 3.09. The second kappa shape index (κ2) is 7.76. The van der Waals surface area contributed by atoms with E-state index in [2.05, 4.69) is 9.72 Å². The number of nitrogens with zero attached hydrogens (tertiary/aromatic N) is 2. The van der Waals surface area contributed by atoms with Crippen LogP contribution in [-0.4, -0.2) is 24.2 Å². The Morgan fingerprint density at radius 2 is 1.96 bits per heavy atom. The molecule has 0 radical (unpaired) electrons. The van der Waals surface area contributed by atoms with E-state index in [1.165, 1.54) is 13.3 Å². The molecule has 116 valence electrons. The highest BCUT2D eigenvalue weighted by Gasteiger charge is 2.14. The lowest BCUT2D eigenvalue weighted by atomic mass is 10.2. The van der Waals surface area contributed by atoms with Gasteiger partial charge in [0.05, 0.1) is 18.4 Å². The zero-order chi connectivity index (χ0) is 16.7. The Bertz CT molecular complexity index is 728. The van der Waals surface area contributed by atoms with Gasteiger partial charge in [-0.2, -0.15) is 5.26 Å². The van der Waals surface area contributed by atoms with E-state index in [0.717, 1.165) is 11.3 Å². The van der Waals surface area contributed by atoms with E-state index in [9.17, 15) is 4.79 Å². The van der Waals surface area contributed by atoms with E-state index < -0.39 is 12.1 Å². The van der Waals surface area contributed by atoms with Crippen LogP contribution in [0.5, 0.6) is 5.75 Å². The number of hydrogen-bond donors (Lipinski definition) is 0. The van der Waals surface area contributed by atoms with Gasteiger partial charge in [0.25, 0.3) is 0 Å². The van der Waals surface area contributed by atoms with Crippen LogP contribution in [0.2, 0.25) is 0 Å². The molecule has 0 aliphatic heterocycles. The standard InChI is InChI=1S/C18H16N2O3/c1-13(18(21)22-2)23-17-9-5-14(6-10-17)3-7-16-8-4-15(11-19)12-20-16/h3-10,12-13H,1-2H3/b7-3+. The number of aromatic nitrogens is 1. The SMILES string of the molecule is COC(=O)C(C)Oc1ccc(/C=C/c2ccc(C#N)cn2)cc1. The van der Waals surface area contributed by atoms with Crippen LogP contribution in [0.4, 0.5) is 0 Å². The lowest BCUT2D eigenvalue weighted by molar-refractivity contribution is -0.147. The Hall–Kier alpha value is -3.13. The van der Waals surface area contributed by atoms with Crippen LogP contribution in [0.25, 0.3) is 12.2 Å². The van der Waals surface area contributed by atoms with Crippen molar-refractivity contribution >= 4 is 18.1 Å². The summed E-state index contributed by atoms with van der Waals surface area (Å²) in [5, 5.41) is 8.73. The Labute approximate surface area is 134 Å². The minimum absolute atomic E-state index is 0.416. The number of esters is 1. The minimum atomic E-state index is -0.649. The molecule has 2 aromatic rings. The first kappa shape index (κ1) is 16.2. The van der Waals surface area contributed by atoms with E-state index in [1.807, 2.05) is 30.4 Å². The van der Waals surface area contributed by atoms with Gasteiger partial charge in [-0.05, 0) is 42.8 Å². The zero-order valence-corrected chi connectivity index (χ0v) is 12.9. The zero-order valence-electron chi connectivity index (χ0n) is 12.9. The van der Waals surface area contributed by atoms with Crippen LogP contribution in [-0.2, 0) is 9.53 Å². The molecule has 2 rings (SSSR count). The number of carbonyl (C=O) groups excluding carboxylic acids is 1. The van der Waals surface area contributed by atoms with Crippen molar-refractivity contribution in [3.05, 3.63) is 59.4 Å². The van der Waals surface area contributed by atoms with Crippen LogP contribution >= 0.6 is 0 Å². The number of benzene rings is 1. The topological polar surface area (TPSA) is 72.2 Å². The van der Waals surface area contributed by atoms with E-state index in [-0.39, 0.29) is 0 Å². The van der Waals surface area contributed by atoms with Crippen LogP contribution in [0.3, 0.4) is 0 Å². The van der Waals surface area contributed by atoms with Crippen LogP contribution in [0.15, 0.2) is 42.6 Å². The summed E-state index contributed by atoms with van der Waals surface area (Å²) in [7, 11) is 1.33. The van der Waals surface area contributed by atoms with Gasteiger partial charge in [-0.1, -0.05) is 18.2 Å². The molecule has 0 aliphatic carbocycles. The molecule has 0 N–H and O–H groups in total. The molecule has 1 heterocycles. The summed E-state index contributed by atoms with van der Waals surface area (Å²) < 4.78 is 10.1.